The van der Waals surface area contributed by atoms with Crippen molar-refractivity contribution in [2.24, 2.45) is 0 Å². The Bertz CT molecular complexity index is 539. The topological polar surface area (TPSA) is 42.0 Å². The molecule has 0 aliphatic heterocycles. The first kappa shape index (κ1) is 12.3. The number of thiazole rings is 1. The van der Waals surface area contributed by atoms with Gasteiger partial charge in [0.1, 0.15) is 5.01 Å². The molecular formula is C12H11BrN2OS. The number of aromatic nitrogens is 1. The molecule has 1 N–H and O–H groups in total. The smallest absolute Gasteiger partial charge is 0.252 e. The summed E-state index contributed by atoms with van der Waals surface area (Å²) in [5.74, 6) is -0.0923. The Morgan fingerprint density at radius 3 is 2.88 bits per heavy atom. The minimum Gasteiger partial charge on any atom is -0.345 e. The van der Waals surface area contributed by atoms with Crippen LogP contribution in [0.25, 0.3) is 0 Å². The Hall–Kier alpha value is -1.20. The van der Waals surface area contributed by atoms with Crippen molar-refractivity contribution in [2.75, 3.05) is 0 Å². The maximum Gasteiger partial charge on any atom is 0.252 e. The molecule has 0 radical (unpaired) electrons. The van der Waals surface area contributed by atoms with Gasteiger partial charge in [-0.2, -0.15) is 0 Å². The van der Waals surface area contributed by atoms with Crippen LogP contribution in [0.3, 0.4) is 0 Å². The van der Waals surface area contributed by atoms with E-state index in [4.69, 9.17) is 0 Å². The van der Waals surface area contributed by atoms with Crippen LogP contribution in [0.2, 0.25) is 0 Å². The lowest BCUT2D eigenvalue weighted by molar-refractivity contribution is 0.0950. The van der Waals surface area contributed by atoms with E-state index in [9.17, 15) is 4.79 Å². The van der Waals surface area contributed by atoms with Crippen LogP contribution in [-0.2, 0) is 6.54 Å². The number of nitrogens with one attached hydrogen (secondary N) is 1. The lowest BCUT2D eigenvalue weighted by atomic mass is 10.2. The predicted molar refractivity (Wildman–Crippen MR) is 72.2 cm³/mol. The first-order chi connectivity index (χ1) is 8.16. The van der Waals surface area contributed by atoms with E-state index in [0.29, 0.717) is 12.1 Å². The standard InChI is InChI=1S/C12H11BrN2OS/c1-8-6-14-11(17-8)7-15-12(16)9-4-2-3-5-10(9)13/h2-6H,7H2,1H3,(H,15,16). The van der Waals surface area contributed by atoms with Gasteiger partial charge in [0.2, 0.25) is 0 Å². The van der Waals surface area contributed by atoms with Crippen LogP contribution in [0.15, 0.2) is 34.9 Å². The molecule has 2 rings (SSSR count). The average Bonchev–Trinajstić information content (AvgIpc) is 2.73. The van der Waals surface area contributed by atoms with E-state index in [-0.39, 0.29) is 5.91 Å². The van der Waals surface area contributed by atoms with Gasteiger partial charge in [-0.15, -0.1) is 11.3 Å². The molecule has 88 valence electrons. The lowest BCUT2D eigenvalue weighted by Crippen LogP contribution is -2.22. The van der Waals surface area contributed by atoms with Crippen molar-refractivity contribution in [1.82, 2.24) is 10.3 Å². The Morgan fingerprint density at radius 1 is 1.47 bits per heavy atom. The zero-order valence-corrected chi connectivity index (χ0v) is 11.6. The molecule has 5 heteroatoms. The highest BCUT2D eigenvalue weighted by molar-refractivity contribution is 9.10. The van der Waals surface area contributed by atoms with Crippen LogP contribution in [-0.4, -0.2) is 10.9 Å². The van der Waals surface area contributed by atoms with Gasteiger partial charge in [0, 0.05) is 15.5 Å². The molecule has 1 amide bonds. The van der Waals surface area contributed by atoms with Gasteiger partial charge in [-0.1, -0.05) is 12.1 Å². The van der Waals surface area contributed by atoms with Crippen molar-refractivity contribution in [3.63, 3.8) is 0 Å². The fraction of sp³-hybridized carbons (Fsp3) is 0.167. The zero-order chi connectivity index (χ0) is 12.3. The molecule has 0 aliphatic rings. The molecule has 2 aromatic rings. The summed E-state index contributed by atoms with van der Waals surface area (Å²) in [4.78, 5) is 17.2. The molecule has 1 heterocycles. The molecule has 0 fully saturated rings. The van der Waals surface area contributed by atoms with Crippen LogP contribution >= 0.6 is 27.3 Å². The van der Waals surface area contributed by atoms with E-state index in [1.807, 2.05) is 31.3 Å². The number of hydrogen-bond acceptors (Lipinski definition) is 3. The van der Waals surface area contributed by atoms with Crippen molar-refractivity contribution in [3.05, 3.63) is 50.4 Å². The maximum absolute atomic E-state index is 11.9. The van der Waals surface area contributed by atoms with Crippen LogP contribution < -0.4 is 5.32 Å². The summed E-state index contributed by atoms with van der Waals surface area (Å²) in [5, 5.41) is 3.77. The second kappa shape index (κ2) is 5.42. The number of carbonyl (C=O) groups is 1. The van der Waals surface area contributed by atoms with Gasteiger partial charge in [-0.3, -0.25) is 4.79 Å². The predicted octanol–water partition coefficient (Wildman–Crippen LogP) is 3.14. The number of carbonyl (C=O) groups excluding carboxylic acids is 1. The Balaban J connectivity index is 2.01. The lowest BCUT2D eigenvalue weighted by Gasteiger charge is -2.04. The summed E-state index contributed by atoms with van der Waals surface area (Å²) in [6, 6.07) is 7.35. The highest BCUT2D eigenvalue weighted by Gasteiger charge is 2.09. The third-order valence-electron chi connectivity index (χ3n) is 2.19. The number of aryl methyl sites for hydroxylation is 1. The first-order valence-corrected chi connectivity index (χ1v) is 6.72. The SMILES string of the molecule is Cc1cnc(CNC(=O)c2ccccc2Br)s1. The Kier molecular flexibility index (Phi) is 3.91. The summed E-state index contributed by atoms with van der Waals surface area (Å²) in [5.41, 5.74) is 0.640. The fourth-order valence-corrected chi connectivity index (χ4v) is 2.57. The number of rotatable bonds is 3. The molecule has 0 aliphatic carbocycles. The molecule has 1 aromatic carbocycles. The molecule has 3 nitrogen and oxygen atoms in total. The van der Waals surface area contributed by atoms with Crippen molar-refractivity contribution in [2.45, 2.75) is 13.5 Å². The summed E-state index contributed by atoms with van der Waals surface area (Å²) in [6.45, 7) is 2.47. The largest absolute Gasteiger partial charge is 0.345 e. The first-order valence-electron chi connectivity index (χ1n) is 5.11. The molecule has 0 atom stereocenters. The number of hydrogen-bond donors (Lipinski definition) is 1. The van der Waals surface area contributed by atoms with Crippen LogP contribution in [0.4, 0.5) is 0 Å². The van der Waals surface area contributed by atoms with Gasteiger partial charge in [-0.05, 0) is 35.0 Å². The average molecular weight is 311 g/mol. The second-order valence-corrected chi connectivity index (χ2v) is 5.70. The van der Waals surface area contributed by atoms with Gasteiger partial charge in [0.15, 0.2) is 0 Å². The molecule has 0 saturated carbocycles. The van der Waals surface area contributed by atoms with Crippen LogP contribution in [0.5, 0.6) is 0 Å². The fourth-order valence-electron chi connectivity index (χ4n) is 1.38. The number of nitrogens with zero attached hydrogens (tertiary/aromatic N) is 1. The maximum atomic E-state index is 11.9. The van der Waals surface area contributed by atoms with Crippen molar-refractivity contribution >= 4 is 33.2 Å². The van der Waals surface area contributed by atoms with Gasteiger partial charge < -0.3 is 5.32 Å². The van der Waals surface area contributed by atoms with Gasteiger partial charge >= 0.3 is 0 Å². The monoisotopic (exact) mass is 310 g/mol. The third kappa shape index (κ3) is 3.14. The van der Waals surface area contributed by atoms with Gasteiger partial charge in [-0.25, -0.2) is 4.98 Å². The molecule has 0 bridgehead atoms. The summed E-state index contributed by atoms with van der Waals surface area (Å²) >= 11 is 4.94. The van der Waals surface area contributed by atoms with Gasteiger partial charge in [0.25, 0.3) is 5.91 Å². The van der Waals surface area contributed by atoms with E-state index >= 15 is 0 Å². The molecule has 0 spiro atoms. The molecular weight excluding hydrogens is 300 g/mol. The summed E-state index contributed by atoms with van der Waals surface area (Å²) in [7, 11) is 0. The molecule has 0 unspecified atom stereocenters. The number of amides is 1. The van der Waals surface area contributed by atoms with E-state index in [1.54, 1.807) is 17.4 Å². The van der Waals surface area contributed by atoms with E-state index in [0.717, 1.165) is 14.4 Å². The molecule has 1 aromatic heterocycles. The number of halogens is 1. The quantitative estimate of drug-likeness (QED) is 0.946. The summed E-state index contributed by atoms with van der Waals surface area (Å²) in [6.07, 6.45) is 1.81. The van der Waals surface area contributed by atoms with Crippen LogP contribution in [0.1, 0.15) is 20.2 Å². The molecule has 0 saturated heterocycles. The second-order valence-electron chi connectivity index (χ2n) is 3.53. The number of benzene rings is 1. The minimum atomic E-state index is -0.0923. The highest BCUT2D eigenvalue weighted by Crippen LogP contribution is 2.16. The molecule has 17 heavy (non-hydrogen) atoms. The minimum absolute atomic E-state index is 0.0923. The zero-order valence-electron chi connectivity index (χ0n) is 9.24. The van der Waals surface area contributed by atoms with Gasteiger partial charge in [0.05, 0.1) is 12.1 Å². The van der Waals surface area contributed by atoms with Crippen molar-refractivity contribution in [3.8, 4) is 0 Å². The van der Waals surface area contributed by atoms with Crippen molar-refractivity contribution in [1.29, 1.82) is 0 Å². The normalized spacial score (nSPS) is 10.2. The van der Waals surface area contributed by atoms with E-state index < -0.39 is 0 Å². The van der Waals surface area contributed by atoms with E-state index in [1.165, 1.54) is 0 Å². The Morgan fingerprint density at radius 2 is 2.24 bits per heavy atom. The Labute approximate surface area is 112 Å². The van der Waals surface area contributed by atoms with Crippen LogP contribution in [0, 0.1) is 6.92 Å². The summed E-state index contributed by atoms with van der Waals surface area (Å²) < 4.78 is 0.799. The van der Waals surface area contributed by atoms with Crippen molar-refractivity contribution < 1.29 is 4.79 Å². The van der Waals surface area contributed by atoms with E-state index in [2.05, 4.69) is 26.2 Å². The highest BCUT2D eigenvalue weighted by atomic mass is 79.9. The third-order valence-corrected chi connectivity index (χ3v) is 3.79.